The lowest BCUT2D eigenvalue weighted by Crippen LogP contribution is -2.17. The van der Waals surface area contributed by atoms with E-state index in [4.69, 9.17) is 4.74 Å². The fraction of sp³-hybridized carbons (Fsp3) is 0.733. The van der Waals surface area contributed by atoms with Crippen molar-refractivity contribution in [3.8, 4) is 5.75 Å². The fourth-order valence-corrected chi connectivity index (χ4v) is 1.82. The molecule has 0 aliphatic heterocycles. The molecule has 0 amide bonds. The number of nitrogens with one attached hydrogen (secondary N) is 1. The maximum atomic E-state index is 5.86. The SMILES string of the molecule is CCCNCc1nc(C(C)C)ncc1OCC1CC1. The highest BCUT2D eigenvalue weighted by Gasteiger charge is 2.22. The molecule has 0 radical (unpaired) electrons. The first-order chi connectivity index (χ1) is 9.20. The largest absolute Gasteiger partial charge is 0.490 e. The van der Waals surface area contributed by atoms with E-state index >= 15 is 0 Å². The van der Waals surface area contributed by atoms with Gasteiger partial charge in [0.25, 0.3) is 0 Å². The summed E-state index contributed by atoms with van der Waals surface area (Å²) in [5, 5.41) is 3.39. The Morgan fingerprint density at radius 3 is 2.84 bits per heavy atom. The Morgan fingerprint density at radius 1 is 1.42 bits per heavy atom. The van der Waals surface area contributed by atoms with Gasteiger partial charge >= 0.3 is 0 Å². The third kappa shape index (κ3) is 4.46. The molecule has 2 rings (SSSR count). The van der Waals surface area contributed by atoms with E-state index in [9.17, 15) is 0 Å². The van der Waals surface area contributed by atoms with Gasteiger partial charge in [-0.2, -0.15) is 0 Å². The molecule has 1 saturated carbocycles. The summed E-state index contributed by atoms with van der Waals surface area (Å²) in [6, 6.07) is 0. The van der Waals surface area contributed by atoms with Gasteiger partial charge in [-0.05, 0) is 31.7 Å². The molecule has 1 fully saturated rings. The summed E-state index contributed by atoms with van der Waals surface area (Å²) in [5.74, 6) is 2.84. The molecule has 1 aliphatic rings. The molecule has 0 saturated heterocycles. The highest BCUT2D eigenvalue weighted by atomic mass is 16.5. The van der Waals surface area contributed by atoms with Gasteiger partial charge in [0.05, 0.1) is 18.5 Å². The Labute approximate surface area is 116 Å². The first-order valence-corrected chi connectivity index (χ1v) is 7.40. The molecule has 0 spiro atoms. The predicted octanol–water partition coefficient (Wildman–Crippen LogP) is 2.89. The Morgan fingerprint density at radius 2 is 2.21 bits per heavy atom. The van der Waals surface area contributed by atoms with E-state index in [1.165, 1.54) is 12.8 Å². The molecule has 0 bridgehead atoms. The third-order valence-corrected chi connectivity index (χ3v) is 3.26. The second-order valence-electron chi connectivity index (χ2n) is 5.63. The molecule has 19 heavy (non-hydrogen) atoms. The molecular weight excluding hydrogens is 238 g/mol. The first-order valence-electron chi connectivity index (χ1n) is 7.40. The highest BCUT2D eigenvalue weighted by molar-refractivity contribution is 5.25. The van der Waals surface area contributed by atoms with Gasteiger partial charge in [-0.15, -0.1) is 0 Å². The van der Waals surface area contributed by atoms with E-state index in [0.717, 1.165) is 49.3 Å². The van der Waals surface area contributed by atoms with E-state index in [-0.39, 0.29) is 0 Å². The van der Waals surface area contributed by atoms with Crippen LogP contribution in [0.2, 0.25) is 0 Å². The second-order valence-corrected chi connectivity index (χ2v) is 5.63. The Bertz CT molecular complexity index is 402. The number of ether oxygens (including phenoxy) is 1. The van der Waals surface area contributed by atoms with Crippen molar-refractivity contribution in [3.63, 3.8) is 0 Å². The monoisotopic (exact) mass is 263 g/mol. The molecule has 1 heterocycles. The van der Waals surface area contributed by atoms with Crippen molar-refractivity contribution in [3.05, 3.63) is 17.7 Å². The summed E-state index contributed by atoms with van der Waals surface area (Å²) in [5.41, 5.74) is 0.993. The second kappa shape index (κ2) is 6.85. The van der Waals surface area contributed by atoms with Crippen LogP contribution in [0.25, 0.3) is 0 Å². The normalized spacial score (nSPS) is 14.9. The first kappa shape index (κ1) is 14.3. The lowest BCUT2D eigenvalue weighted by atomic mass is 10.2. The van der Waals surface area contributed by atoms with Gasteiger partial charge < -0.3 is 10.1 Å². The molecule has 106 valence electrons. The topological polar surface area (TPSA) is 47.0 Å². The summed E-state index contributed by atoms with van der Waals surface area (Å²) in [7, 11) is 0. The van der Waals surface area contributed by atoms with Crippen LogP contribution in [0.1, 0.15) is 57.5 Å². The Kier molecular flexibility index (Phi) is 5.14. The molecule has 0 aromatic carbocycles. The van der Waals surface area contributed by atoms with E-state index in [1.54, 1.807) is 0 Å². The minimum atomic E-state index is 0.349. The third-order valence-electron chi connectivity index (χ3n) is 3.26. The fourth-order valence-electron chi connectivity index (χ4n) is 1.82. The molecule has 1 aromatic heterocycles. The van der Waals surface area contributed by atoms with Crippen LogP contribution in [-0.2, 0) is 6.54 Å². The zero-order valence-corrected chi connectivity index (χ0v) is 12.3. The predicted molar refractivity (Wildman–Crippen MR) is 76.3 cm³/mol. The van der Waals surface area contributed by atoms with Crippen molar-refractivity contribution >= 4 is 0 Å². The molecule has 4 heteroatoms. The molecule has 1 N–H and O–H groups in total. The van der Waals surface area contributed by atoms with Crippen LogP contribution in [0.5, 0.6) is 5.75 Å². The van der Waals surface area contributed by atoms with Gasteiger partial charge in [-0.1, -0.05) is 20.8 Å². The summed E-state index contributed by atoms with van der Waals surface area (Å²) >= 11 is 0. The lowest BCUT2D eigenvalue weighted by molar-refractivity contribution is 0.292. The molecule has 1 aromatic rings. The van der Waals surface area contributed by atoms with Gasteiger partial charge in [-0.3, -0.25) is 0 Å². The van der Waals surface area contributed by atoms with Crippen LogP contribution in [0.3, 0.4) is 0 Å². The zero-order chi connectivity index (χ0) is 13.7. The van der Waals surface area contributed by atoms with E-state index in [0.29, 0.717) is 5.92 Å². The zero-order valence-electron chi connectivity index (χ0n) is 12.3. The van der Waals surface area contributed by atoms with Gasteiger partial charge in [0.15, 0.2) is 5.75 Å². The molecular formula is C15H25N3O. The van der Waals surface area contributed by atoms with E-state index < -0.39 is 0 Å². The maximum Gasteiger partial charge on any atom is 0.160 e. The number of nitrogens with zero attached hydrogens (tertiary/aromatic N) is 2. The van der Waals surface area contributed by atoms with Crippen LogP contribution in [0, 0.1) is 5.92 Å². The summed E-state index contributed by atoms with van der Waals surface area (Å²) in [4.78, 5) is 9.05. The minimum Gasteiger partial charge on any atom is -0.490 e. The van der Waals surface area contributed by atoms with Crippen molar-refractivity contribution in [1.82, 2.24) is 15.3 Å². The Hall–Kier alpha value is -1.16. The van der Waals surface area contributed by atoms with Crippen LogP contribution >= 0.6 is 0 Å². The van der Waals surface area contributed by atoms with E-state index in [1.807, 2.05) is 6.20 Å². The number of aromatic nitrogens is 2. The van der Waals surface area contributed by atoms with Crippen LogP contribution in [0.4, 0.5) is 0 Å². The molecule has 1 aliphatic carbocycles. The van der Waals surface area contributed by atoms with Crippen LogP contribution in [-0.4, -0.2) is 23.1 Å². The maximum absolute atomic E-state index is 5.86. The average molecular weight is 263 g/mol. The van der Waals surface area contributed by atoms with Gasteiger partial charge in [0.2, 0.25) is 0 Å². The number of rotatable bonds is 8. The highest BCUT2D eigenvalue weighted by Crippen LogP contribution is 2.30. The lowest BCUT2D eigenvalue weighted by Gasteiger charge is -2.13. The van der Waals surface area contributed by atoms with Gasteiger partial charge in [-0.25, -0.2) is 9.97 Å². The van der Waals surface area contributed by atoms with Crippen molar-refractivity contribution in [2.75, 3.05) is 13.2 Å². The molecule has 0 atom stereocenters. The van der Waals surface area contributed by atoms with Crippen molar-refractivity contribution in [2.24, 2.45) is 5.92 Å². The van der Waals surface area contributed by atoms with Crippen molar-refractivity contribution < 1.29 is 4.74 Å². The summed E-state index contributed by atoms with van der Waals surface area (Å²) < 4.78 is 5.86. The van der Waals surface area contributed by atoms with E-state index in [2.05, 4.69) is 36.1 Å². The van der Waals surface area contributed by atoms with Gasteiger partial charge in [0.1, 0.15) is 5.82 Å². The van der Waals surface area contributed by atoms with Crippen LogP contribution in [0.15, 0.2) is 6.20 Å². The van der Waals surface area contributed by atoms with Crippen molar-refractivity contribution in [1.29, 1.82) is 0 Å². The number of hydrogen-bond acceptors (Lipinski definition) is 4. The van der Waals surface area contributed by atoms with Gasteiger partial charge in [0, 0.05) is 12.5 Å². The minimum absolute atomic E-state index is 0.349. The molecule has 0 unspecified atom stereocenters. The number of hydrogen-bond donors (Lipinski definition) is 1. The van der Waals surface area contributed by atoms with Crippen molar-refractivity contribution in [2.45, 2.75) is 52.5 Å². The van der Waals surface area contributed by atoms with Crippen LogP contribution < -0.4 is 10.1 Å². The summed E-state index contributed by atoms with van der Waals surface area (Å²) in [6.45, 7) is 8.97. The smallest absolute Gasteiger partial charge is 0.160 e. The Balaban J connectivity index is 2.04. The summed E-state index contributed by atoms with van der Waals surface area (Å²) in [6.07, 6.45) is 5.57. The standard InChI is InChI=1S/C15H25N3O/c1-4-7-16-8-13-14(19-10-12-5-6-12)9-17-15(18-13)11(2)3/h9,11-12,16H,4-8,10H2,1-3H3. The quantitative estimate of drug-likeness (QED) is 0.733. The molecule has 4 nitrogen and oxygen atoms in total. The average Bonchev–Trinajstić information content (AvgIpc) is 3.21.